The lowest BCUT2D eigenvalue weighted by Crippen LogP contribution is -2.08. The molecule has 0 aliphatic rings. The molecule has 98 valence electrons. The predicted octanol–water partition coefficient (Wildman–Crippen LogP) is 3.96. The van der Waals surface area contributed by atoms with E-state index >= 15 is 0 Å². The fraction of sp³-hybridized carbons (Fsp3) is 0.500. The van der Waals surface area contributed by atoms with Gasteiger partial charge in [0.05, 0.1) is 0 Å². The number of pyridine rings is 1. The minimum atomic E-state index is -2.97. The van der Waals surface area contributed by atoms with E-state index in [4.69, 9.17) is 0 Å². The zero-order valence-corrected chi connectivity index (χ0v) is 11.5. The van der Waals surface area contributed by atoms with Gasteiger partial charge >= 0.3 is 5.92 Å². The number of aromatic nitrogens is 3. The number of nitrogens with zero attached hydrogens (tertiary/aromatic N) is 2. The number of alkyl halides is 2. The topological polar surface area (TPSA) is 41.6 Å². The van der Waals surface area contributed by atoms with Gasteiger partial charge in [-0.15, -0.1) is 11.8 Å². The van der Waals surface area contributed by atoms with Gasteiger partial charge in [0, 0.05) is 22.8 Å². The summed E-state index contributed by atoms with van der Waals surface area (Å²) in [6, 6.07) is 1.78. The average molecular weight is 271 g/mol. The fourth-order valence-electron chi connectivity index (χ4n) is 1.49. The van der Waals surface area contributed by atoms with Gasteiger partial charge in [0.15, 0.2) is 11.5 Å². The van der Waals surface area contributed by atoms with Crippen LogP contribution in [0.4, 0.5) is 8.78 Å². The van der Waals surface area contributed by atoms with E-state index in [1.165, 1.54) is 0 Å². The van der Waals surface area contributed by atoms with Crippen molar-refractivity contribution in [2.24, 2.45) is 0 Å². The second-order valence-corrected chi connectivity index (χ2v) is 7.13. The number of nitrogens with one attached hydrogen (secondary N) is 1. The summed E-state index contributed by atoms with van der Waals surface area (Å²) in [6.45, 7) is 7.06. The van der Waals surface area contributed by atoms with Crippen LogP contribution in [0.25, 0.3) is 11.2 Å². The van der Waals surface area contributed by atoms with Crippen LogP contribution >= 0.6 is 11.8 Å². The Morgan fingerprint density at radius 1 is 1.22 bits per heavy atom. The van der Waals surface area contributed by atoms with Crippen LogP contribution in [0.5, 0.6) is 0 Å². The lowest BCUT2D eigenvalue weighted by molar-refractivity contribution is 0.00888. The summed E-state index contributed by atoms with van der Waals surface area (Å²) < 4.78 is 26.3. The molecule has 6 heteroatoms. The molecule has 0 unspecified atom stereocenters. The molecule has 2 aromatic heterocycles. The number of hydrogen-bond donors (Lipinski definition) is 1. The van der Waals surface area contributed by atoms with Crippen LogP contribution in [0.2, 0.25) is 0 Å². The van der Waals surface area contributed by atoms with E-state index in [9.17, 15) is 8.78 Å². The molecular formula is C12H15F2N3S. The van der Waals surface area contributed by atoms with E-state index < -0.39 is 5.92 Å². The zero-order valence-electron chi connectivity index (χ0n) is 10.7. The minimum Gasteiger partial charge on any atom is -0.322 e. The molecule has 18 heavy (non-hydrogen) atoms. The molecule has 0 saturated heterocycles. The third-order valence-corrected chi connectivity index (χ3v) is 3.22. The van der Waals surface area contributed by atoms with Crippen molar-refractivity contribution >= 4 is 22.9 Å². The summed E-state index contributed by atoms with van der Waals surface area (Å²) in [7, 11) is 0. The molecule has 1 N–H and O–H groups in total. The number of H-pyrrole nitrogens is 1. The van der Waals surface area contributed by atoms with Crippen LogP contribution in [0.15, 0.2) is 17.2 Å². The normalized spacial score (nSPS) is 13.2. The van der Waals surface area contributed by atoms with Gasteiger partial charge in [0.2, 0.25) is 0 Å². The van der Waals surface area contributed by atoms with Gasteiger partial charge in [-0.3, -0.25) is 0 Å². The van der Waals surface area contributed by atoms with Gasteiger partial charge in [-0.2, -0.15) is 8.78 Å². The standard InChI is InChI=1S/C12H15F2N3S/c1-11(2,3)18-7-5-8-9(15-6-7)17-10(16-8)12(4,13)14/h5-6H,1-4H3,(H,15,16,17). The summed E-state index contributed by atoms with van der Waals surface area (Å²) in [5.41, 5.74) is 0.866. The summed E-state index contributed by atoms with van der Waals surface area (Å²) in [4.78, 5) is 11.5. The van der Waals surface area contributed by atoms with Crippen molar-refractivity contribution < 1.29 is 8.78 Å². The zero-order chi connectivity index (χ0) is 13.6. The molecule has 0 amide bonds. The highest BCUT2D eigenvalue weighted by molar-refractivity contribution is 8.00. The number of hydrogen-bond acceptors (Lipinski definition) is 3. The molecule has 0 spiro atoms. The Morgan fingerprint density at radius 3 is 2.44 bits per heavy atom. The third kappa shape index (κ3) is 2.98. The van der Waals surface area contributed by atoms with E-state index in [-0.39, 0.29) is 10.6 Å². The van der Waals surface area contributed by atoms with Crippen molar-refractivity contribution in [2.75, 3.05) is 0 Å². The Labute approximate surface area is 108 Å². The minimum absolute atomic E-state index is 0.0448. The molecule has 0 atom stereocenters. The van der Waals surface area contributed by atoms with Gasteiger partial charge in [-0.25, -0.2) is 9.97 Å². The van der Waals surface area contributed by atoms with Crippen molar-refractivity contribution in [3.63, 3.8) is 0 Å². The average Bonchev–Trinajstić information content (AvgIpc) is 2.57. The number of imidazole rings is 1. The molecule has 0 aliphatic heterocycles. The molecule has 0 aromatic carbocycles. The van der Waals surface area contributed by atoms with E-state index in [2.05, 4.69) is 35.7 Å². The Balaban J connectivity index is 2.40. The van der Waals surface area contributed by atoms with E-state index in [1.54, 1.807) is 24.0 Å². The van der Waals surface area contributed by atoms with Gasteiger partial charge in [-0.05, 0) is 6.07 Å². The number of thioether (sulfide) groups is 1. The van der Waals surface area contributed by atoms with E-state index in [0.29, 0.717) is 11.2 Å². The SMILES string of the molecule is CC(C)(C)Sc1cnc2[nH]c(C(C)(F)F)nc2c1. The van der Waals surface area contributed by atoms with Gasteiger partial charge in [0.1, 0.15) is 5.52 Å². The Hall–Kier alpha value is -1.17. The quantitative estimate of drug-likeness (QED) is 0.841. The Kier molecular flexibility index (Phi) is 3.09. The molecule has 2 heterocycles. The maximum Gasteiger partial charge on any atom is 0.302 e. The van der Waals surface area contributed by atoms with Gasteiger partial charge < -0.3 is 4.98 Å². The van der Waals surface area contributed by atoms with Crippen LogP contribution < -0.4 is 0 Å². The lowest BCUT2D eigenvalue weighted by atomic mass is 10.3. The van der Waals surface area contributed by atoms with Crippen LogP contribution in [0.1, 0.15) is 33.5 Å². The maximum atomic E-state index is 13.1. The van der Waals surface area contributed by atoms with Crippen LogP contribution in [0.3, 0.4) is 0 Å². The molecule has 0 saturated carbocycles. The first kappa shape index (κ1) is 13.3. The number of rotatable bonds is 2. The molecule has 2 rings (SSSR count). The molecule has 0 fully saturated rings. The summed E-state index contributed by atoms with van der Waals surface area (Å²) in [5, 5.41) is 0. The van der Waals surface area contributed by atoms with E-state index in [1.807, 2.05) is 0 Å². The van der Waals surface area contributed by atoms with Crippen molar-refractivity contribution in [3.8, 4) is 0 Å². The van der Waals surface area contributed by atoms with Crippen molar-refractivity contribution in [1.29, 1.82) is 0 Å². The first-order valence-corrected chi connectivity index (χ1v) is 6.40. The molecule has 0 bridgehead atoms. The van der Waals surface area contributed by atoms with Crippen molar-refractivity contribution in [3.05, 3.63) is 18.1 Å². The van der Waals surface area contributed by atoms with Crippen LogP contribution in [-0.4, -0.2) is 19.7 Å². The maximum absolute atomic E-state index is 13.1. The molecular weight excluding hydrogens is 256 g/mol. The predicted molar refractivity (Wildman–Crippen MR) is 69.1 cm³/mol. The Morgan fingerprint density at radius 2 is 1.89 bits per heavy atom. The number of fused-ring (bicyclic) bond motifs is 1. The highest BCUT2D eigenvalue weighted by atomic mass is 32.2. The highest BCUT2D eigenvalue weighted by Gasteiger charge is 2.28. The first-order chi connectivity index (χ1) is 8.15. The smallest absolute Gasteiger partial charge is 0.302 e. The summed E-state index contributed by atoms with van der Waals surface area (Å²) in [5.74, 6) is -3.32. The molecule has 0 radical (unpaired) electrons. The highest BCUT2D eigenvalue weighted by Crippen LogP contribution is 2.33. The van der Waals surface area contributed by atoms with Crippen molar-refractivity contribution in [1.82, 2.24) is 15.0 Å². The summed E-state index contributed by atoms with van der Waals surface area (Å²) >= 11 is 1.63. The Bertz CT molecular complexity index is 567. The molecule has 2 aromatic rings. The number of aromatic amines is 1. The third-order valence-electron chi connectivity index (χ3n) is 2.15. The fourth-order valence-corrected chi connectivity index (χ4v) is 2.48. The van der Waals surface area contributed by atoms with Gasteiger partial charge in [0.25, 0.3) is 0 Å². The molecule has 0 aliphatic carbocycles. The van der Waals surface area contributed by atoms with Crippen LogP contribution in [-0.2, 0) is 5.92 Å². The monoisotopic (exact) mass is 271 g/mol. The number of halogens is 2. The van der Waals surface area contributed by atoms with Crippen molar-refractivity contribution in [2.45, 2.75) is 43.3 Å². The largest absolute Gasteiger partial charge is 0.322 e. The first-order valence-electron chi connectivity index (χ1n) is 5.58. The van der Waals surface area contributed by atoms with Crippen LogP contribution in [0, 0.1) is 0 Å². The van der Waals surface area contributed by atoms with E-state index in [0.717, 1.165) is 11.8 Å². The molecule has 3 nitrogen and oxygen atoms in total. The van der Waals surface area contributed by atoms with Gasteiger partial charge in [-0.1, -0.05) is 20.8 Å². The second kappa shape index (κ2) is 4.19. The lowest BCUT2D eigenvalue weighted by Gasteiger charge is -2.16. The summed E-state index contributed by atoms with van der Waals surface area (Å²) in [6.07, 6.45) is 1.67. The second-order valence-electron chi connectivity index (χ2n) is 5.23.